The van der Waals surface area contributed by atoms with Gasteiger partial charge < -0.3 is 11.1 Å². The van der Waals surface area contributed by atoms with Gasteiger partial charge in [0.25, 0.3) is 0 Å². The molecule has 1 amide bonds. The lowest BCUT2D eigenvalue weighted by molar-refractivity contribution is -0.120. The van der Waals surface area contributed by atoms with Crippen LogP contribution >= 0.6 is 0 Å². The number of anilines is 1. The lowest BCUT2D eigenvalue weighted by Crippen LogP contribution is -2.21. The minimum Gasteiger partial charge on any atom is -0.326 e. The molecule has 1 rings (SSSR count). The first kappa shape index (κ1) is 15.2. The molecule has 0 atom stereocenters. The topological polar surface area (TPSA) is 55.1 Å². The highest BCUT2D eigenvalue weighted by Gasteiger charge is 2.14. The van der Waals surface area contributed by atoms with E-state index in [-0.39, 0.29) is 23.9 Å². The molecule has 102 valence electrons. The van der Waals surface area contributed by atoms with Gasteiger partial charge in [-0.05, 0) is 31.0 Å². The normalized spacial score (nSPS) is 9.95. The number of benzene rings is 1. The monoisotopic (exact) mass is 262 g/mol. The number of amides is 1. The van der Waals surface area contributed by atoms with Crippen LogP contribution in [0.2, 0.25) is 0 Å². The molecule has 0 heterocycles. The van der Waals surface area contributed by atoms with Crippen LogP contribution in [0.4, 0.5) is 10.1 Å². The summed E-state index contributed by atoms with van der Waals surface area (Å²) in [6, 6.07) is 4.35. The molecule has 0 radical (unpaired) electrons. The van der Waals surface area contributed by atoms with Gasteiger partial charge >= 0.3 is 0 Å². The summed E-state index contributed by atoms with van der Waals surface area (Å²) in [6.45, 7) is 4.11. The molecule has 0 unspecified atom stereocenters. The number of carbonyl (C=O) groups excluding carboxylic acids is 1. The largest absolute Gasteiger partial charge is 0.326 e. The van der Waals surface area contributed by atoms with E-state index in [1.807, 2.05) is 13.8 Å². The maximum Gasteiger partial charge on any atom is 0.227 e. The van der Waals surface area contributed by atoms with Crippen LogP contribution in [0.15, 0.2) is 18.2 Å². The number of halogens is 1. The summed E-state index contributed by atoms with van der Waals surface area (Å²) in [5, 5.41) is 2.78. The Balaban J connectivity index is 2.88. The van der Waals surface area contributed by atoms with Crippen LogP contribution in [0, 0.1) is 23.6 Å². The predicted molar refractivity (Wildman–Crippen MR) is 75.0 cm³/mol. The molecule has 0 fully saturated rings. The van der Waals surface area contributed by atoms with Crippen LogP contribution in [0.1, 0.15) is 32.3 Å². The summed E-state index contributed by atoms with van der Waals surface area (Å²) >= 11 is 0. The second-order valence-corrected chi connectivity index (χ2v) is 4.20. The van der Waals surface area contributed by atoms with Crippen LogP contribution in [-0.4, -0.2) is 12.5 Å². The summed E-state index contributed by atoms with van der Waals surface area (Å²) in [7, 11) is 0. The van der Waals surface area contributed by atoms with E-state index in [2.05, 4.69) is 17.2 Å². The van der Waals surface area contributed by atoms with Gasteiger partial charge in [-0.15, -0.1) is 0 Å². The van der Waals surface area contributed by atoms with Gasteiger partial charge in [0.1, 0.15) is 5.82 Å². The van der Waals surface area contributed by atoms with Gasteiger partial charge in [0.15, 0.2) is 0 Å². The van der Waals surface area contributed by atoms with Crippen LogP contribution in [0.25, 0.3) is 0 Å². The second kappa shape index (κ2) is 7.55. The Hall–Kier alpha value is -1.86. The van der Waals surface area contributed by atoms with Crippen LogP contribution in [-0.2, 0) is 4.79 Å². The Labute approximate surface area is 113 Å². The van der Waals surface area contributed by atoms with E-state index in [1.165, 1.54) is 18.2 Å². The van der Waals surface area contributed by atoms with Gasteiger partial charge in [-0.1, -0.05) is 25.7 Å². The van der Waals surface area contributed by atoms with Crippen molar-refractivity contribution in [2.75, 3.05) is 11.9 Å². The smallest absolute Gasteiger partial charge is 0.227 e. The molecule has 0 aliphatic heterocycles. The minimum absolute atomic E-state index is 0.0244. The summed E-state index contributed by atoms with van der Waals surface area (Å²) in [5.74, 6) is 4.75. The van der Waals surface area contributed by atoms with E-state index in [4.69, 9.17) is 5.73 Å². The summed E-state index contributed by atoms with van der Waals surface area (Å²) in [4.78, 5) is 11.9. The van der Waals surface area contributed by atoms with Crippen molar-refractivity contribution in [3.63, 3.8) is 0 Å². The predicted octanol–water partition coefficient (Wildman–Crippen LogP) is 2.51. The van der Waals surface area contributed by atoms with Crippen LogP contribution in [0.5, 0.6) is 0 Å². The van der Waals surface area contributed by atoms with E-state index >= 15 is 0 Å². The molecule has 3 nitrogen and oxygen atoms in total. The molecule has 0 aliphatic rings. The quantitative estimate of drug-likeness (QED) is 0.819. The third kappa shape index (κ3) is 4.38. The number of rotatable bonds is 4. The maximum atomic E-state index is 13.5. The van der Waals surface area contributed by atoms with Crippen molar-refractivity contribution in [2.24, 2.45) is 11.7 Å². The van der Waals surface area contributed by atoms with Crippen LogP contribution in [0.3, 0.4) is 0 Å². The Morgan fingerprint density at radius 3 is 2.68 bits per heavy atom. The first-order valence-corrected chi connectivity index (χ1v) is 6.41. The third-order valence-corrected chi connectivity index (χ3v) is 2.92. The molecule has 3 N–H and O–H groups in total. The van der Waals surface area contributed by atoms with E-state index < -0.39 is 5.82 Å². The fourth-order valence-electron chi connectivity index (χ4n) is 1.75. The zero-order valence-electron chi connectivity index (χ0n) is 11.3. The molecule has 19 heavy (non-hydrogen) atoms. The summed E-state index contributed by atoms with van der Waals surface area (Å²) in [6.07, 6.45) is 1.56. The average Bonchev–Trinajstić information content (AvgIpc) is 2.40. The van der Waals surface area contributed by atoms with Crippen LogP contribution < -0.4 is 11.1 Å². The lowest BCUT2D eigenvalue weighted by Gasteiger charge is -2.13. The first-order chi connectivity index (χ1) is 9.12. The van der Waals surface area contributed by atoms with Crippen molar-refractivity contribution in [2.45, 2.75) is 26.7 Å². The number of carbonyl (C=O) groups is 1. The Morgan fingerprint density at radius 1 is 1.42 bits per heavy atom. The van der Waals surface area contributed by atoms with Crippen molar-refractivity contribution >= 4 is 11.6 Å². The molecule has 0 aromatic heterocycles. The van der Waals surface area contributed by atoms with E-state index in [1.54, 1.807) is 0 Å². The van der Waals surface area contributed by atoms with Crippen molar-refractivity contribution < 1.29 is 9.18 Å². The van der Waals surface area contributed by atoms with Crippen molar-refractivity contribution in [1.82, 2.24) is 0 Å². The van der Waals surface area contributed by atoms with Crippen molar-refractivity contribution in [3.05, 3.63) is 29.6 Å². The highest BCUT2D eigenvalue weighted by molar-refractivity contribution is 5.92. The molecule has 4 heteroatoms. The minimum atomic E-state index is -0.415. The fourth-order valence-corrected chi connectivity index (χ4v) is 1.75. The number of hydrogen-bond acceptors (Lipinski definition) is 2. The third-order valence-electron chi connectivity index (χ3n) is 2.92. The van der Waals surface area contributed by atoms with E-state index in [0.29, 0.717) is 5.69 Å². The highest BCUT2D eigenvalue weighted by Crippen LogP contribution is 2.16. The van der Waals surface area contributed by atoms with Gasteiger partial charge in [0, 0.05) is 11.6 Å². The zero-order chi connectivity index (χ0) is 14.3. The van der Waals surface area contributed by atoms with E-state index in [0.717, 1.165) is 12.8 Å². The molecule has 0 saturated carbocycles. The molecule has 0 aliphatic carbocycles. The zero-order valence-corrected chi connectivity index (χ0v) is 11.3. The summed E-state index contributed by atoms with van der Waals surface area (Å²) < 4.78 is 13.5. The molecule has 1 aromatic rings. The van der Waals surface area contributed by atoms with Gasteiger partial charge in [0.2, 0.25) is 5.91 Å². The molecular weight excluding hydrogens is 243 g/mol. The highest BCUT2D eigenvalue weighted by atomic mass is 19.1. The average molecular weight is 262 g/mol. The Morgan fingerprint density at radius 2 is 2.11 bits per heavy atom. The van der Waals surface area contributed by atoms with Crippen molar-refractivity contribution in [1.29, 1.82) is 0 Å². The first-order valence-electron chi connectivity index (χ1n) is 6.41. The maximum absolute atomic E-state index is 13.5. The van der Waals surface area contributed by atoms with E-state index in [9.17, 15) is 9.18 Å². The van der Waals surface area contributed by atoms with Gasteiger partial charge in [0.05, 0.1) is 12.1 Å². The van der Waals surface area contributed by atoms with Crippen molar-refractivity contribution in [3.8, 4) is 11.8 Å². The number of nitrogens with two attached hydrogens (primary N) is 1. The lowest BCUT2D eigenvalue weighted by atomic mass is 10.0. The van der Waals surface area contributed by atoms with Gasteiger partial charge in [-0.2, -0.15) is 0 Å². The molecular formula is C15H19FN2O. The number of nitrogens with one attached hydrogen (secondary N) is 1. The SMILES string of the molecule is CCC(CC)C(=O)Nc1ccc(F)c(C#CCN)c1. The van der Waals surface area contributed by atoms with Gasteiger partial charge in [-0.25, -0.2) is 4.39 Å². The molecule has 0 bridgehead atoms. The molecule has 1 aromatic carbocycles. The Kier molecular flexibility index (Phi) is 6.04. The second-order valence-electron chi connectivity index (χ2n) is 4.20. The Bertz CT molecular complexity index is 499. The fraction of sp³-hybridized carbons (Fsp3) is 0.400. The standard InChI is InChI=1S/C15H19FN2O/c1-3-11(4-2)15(19)18-13-7-8-14(16)12(10-13)6-5-9-17/h7-8,10-11H,3-4,9,17H2,1-2H3,(H,18,19). The molecule has 0 spiro atoms. The molecule has 0 saturated heterocycles. The summed E-state index contributed by atoms with van der Waals surface area (Å²) in [5.41, 5.74) is 6.05. The number of hydrogen-bond donors (Lipinski definition) is 2. The van der Waals surface area contributed by atoms with Gasteiger partial charge in [-0.3, -0.25) is 4.79 Å².